The summed E-state index contributed by atoms with van der Waals surface area (Å²) in [7, 11) is 0. The number of aliphatic hydroxyl groups excluding tert-OH is 1. The molecular formula is C22H24N2O6. The van der Waals surface area contributed by atoms with Gasteiger partial charge in [-0.15, -0.1) is 0 Å². The van der Waals surface area contributed by atoms with Crippen LogP contribution in [0.3, 0.4) is 0 Å². The molecule has 1 fully saturated rings. The van der Waals surface area contributed by atoms with E-state index in [-0.39, 0.29) is 32.7 Å². The maximum Gasteiger partial charge on any atom is 0.410 e. The number of β-amino-alcohol motifs (C(OH)–C–C–N with tert-alkyl or cyclic N) is 1. The van der Waals surface area contributed by atoms with E-state index in [1.54, 1.807) is 0 Å². The average molecular weight is 412 g/mol. The lowest BCUT2D eigenvalue weighted by atomic mass is 10.2. The van der Waals surface area contributed by atoms with Crippen molar-refractivity contribution in [2.45, 2.75) is 31.8 Å². The number of esters is 1. The first-order valence-corrected chi connectivity index (χ1v) is 9.65. The van der Waals surface area contributed by atoms with Crippen molar-refractivity contribution in [3.05, 3.63) is 71.8 Å². The molecule has 2 amide bonds. The van der Waals surface area contributed by atoms with Crippen LogP contribution in [-0.4, -0.2) is 53.2 Å². The van der Waals surface area contributed by atoms with Gasteiger partial charge in [-0.2, -0.15) is 0 Å². The van der Waals surface area contributed by atoms with Crippen LogP contribution in [0.5, 0.6) is 0 Å². The minimum absolute atomic E-state index is 0.00976. The van der Waals surface area contributed by atoms with E-state index in [9.17, 15) is 19.5 Å². The summed E-state index contributed by atoms with van der Waals surface area (Å²) in [5.41, 5.74) is 1.65. The predicted molar refractivity (Wildman–Crippen MR) is 107 cm³/mol. The summed E-state index contributed by atoms with van der Waals surface area (Å²) < 4.78 is 10.4. The highest BCUT2D eigenvalue weighted by Crippen LogP contribution is 2.19. The summed E-state index contributed by atoms with van der Waals surface area (Å²) in [6.45, 7) is -0.169. The molecule has 2 atom stereocenters. The number of likely N-dealkylation sites (tertiary alicyclic amines) is 1. The highest BCUT2D eigenvalue weighted by atomic mass is 16.6. The van der Waals surface area contributed by atoms with Crippen LogP contribution in [0.1, 0.15) is 17.5 Å². The molecule has 1 aliphatic rings. The third kappa shape index (κ3) is 6.05. The van der Waals surface area contributed by atoms with Crippen molar-refractivity contribution >= 4 is 18.0 Å². The van der Waals surface area contributed by atoms with Crippen LogP contribution in [-0.2, 0) is 32.3 Å². The number of benzene rings is 2. The molecule has 3 rings (SSSR count). The Kier molecular flexibility index (Phi) is 7.40. The maximum absolute atomic E-state index is 12.5. The molecule has 1 saturated heterocycles. The summed E-state index contributed by atoms with van der Waals surface area (Å²) in [5, 5.41) is 12.4. The number of rotatable bonds is 7. The molecule has 8 heteroatoms. The standard InChI is InChI=1S/C22H24N2O6/c25-18-11-19(24(13-18)22(28)30-15-17-9-5-2-6-10-17)21(27)23-12-20(26)29-14-16-7-3-1-4-8-16/h1-10,18-19,25H,11-15H2,(H,23,27). The fraction of sp³-hybridized carbons (Fsp3) is 0.318. The smallest absolute Gasteiger partial charge is 0.410 e. The van der Waals surface area contributed by atoms with Crippen LogP contribution in [0.2, 0.25) is 0 Å². The Labute approximate surface area is 174 Å². The first-order chi connectivity index (χ1) is 14.5. The molecule has 2 N–H and O–H groups in total. The van der Waals surface area contributed by atoms with Gasteiger partial charge >= 0.3 is 12.1 Å². The number of carbonyl (C=O) groups is 3. The number of amides is 2. The van der Waals surface area contributed by atoms with E-state index in [1.165, 1.54) is 4.90 Å². The van der Waals surface area contributed by atoms with E-state index in [0.717, 1.165) is 11.1 Å². The van der Waals surface area contributed by atoms with Crippen molar-refractivity contribution in [2.75, 3.05) is 13.1 Å². The third-order valence-corrected chi connectivity index (χ3v) is 4.67. The number of aliphatic hydroxyl groups is 1. The second-order valence-electron chi connectivity index (χ2n) is 6.96. The first-order valence-electron chi connectivity index (χ1n) is 9.65. The van der Waals surface area contributed by atoms with Gasteiger partial charge in [0.25, 0.3) is 0 Å². The monoisotopic (exact) mass is 412 g/mol. The number of hydrogen-bond donors (Lipinski definition) is 2. The third-order valence-electron chi connectivity index (χ3n) is 4.67. The van der Waals surface area contributed by atoms with E-state index in [2.05, 4.69) is 5.32 Å². The first kappa shape index (κ1) is 21.3. The summed E-state index contributed by atoms with van der Waals surface area (Å²) in [6.07, 6.45) is -1.46. The number of carbonyl (C=O) groups excluding carboxylic acids is 3. The van der Waals surface area contributed by atoms with Crippen molar-refractivity contribution in [1.29, 1.82) is 0 Å². The highest BCUT2D eigenvalue weighted by Gasteiger charge is 2.39. The Morgan fingerprint density at radius 2 is 1.50 bits per heavy atom. The zero-order valence-electron chi connectivity index (χ0n) is 16.4. The van der Waals surface area contributed by atoms with Crippen molar-refractivity contribution in [3.63, 3.8) is 0 Å². The van der Waals surface area contributed by atoms with Gasteiger partial charge in [-0.05, 0) is 11.1 Å². The van der Waals surface area contributed by atoms with Crippen LogP contribution in [0.4, 0.5) is 4.79 Å². The molecule has 2 unspecified atom stereocenters. The molecule has 0 spiro atoms. The Morgan fingerprint density at radius 3 is 2.10 bits per heavy atom. The van der Waals surface area contributed by atoms with E-state index < -0.39 is 30.1 Å². The van der Waals surface area contributed by atoms with Crippen LogP contribution >= 0.6 is 0 Å². The number of ether oxygens (including phenoxy) is 2. The van der Waals surface area contributed by atoms with Gasteiger partial charge in [-0.25, -0.2) is 4.79 Å². The molecule has 8 nitrogen and oxygen atoms in total. The van der Waals surface area contributed by atoms with Crippen molar-refractivity contribution in [3.8, 4) is 0 Å². The second kappa shape index (κ2) is 10.4. The summed E-state index contributed by atoms with van der Waals surface area (Å²) in [4.78, 5) is 37.9. The quantitative estimate of drug-likeness (QED) is 0.670. The van der Waals surface area contributed by atoms with Gasteiger partial charge in [-0.3, -0.25) is 14.5 Å². The van der Waals surface area contributed by atoms with Gasteiger partial charge < -0.3 is 19.9 Å². The van der Waals surface area contributed by atoms with Crippen molar-refractivity contribution in [2.24, 2.45) is 0 Å². The van der Waals surface area contributed by atoms with Gasteiger partial charge in [0.1, 0.15) is 25.8 Å². The minimum atomic E-state index is -0.912. The Morgan fingerprint density at radius 1 is 0.933 bits per heavy atom. The van der Waals surface area contributed by atoms with E-state index in [0.29, 0.717) is 0 Å². The molecule has 0 saturated carbocycles. The largest absolute Gasteiger partial charge is 0.460 e. The summed E-state index contributed by atoms with van der Waals surface area (Å²) >= 11 is 0. The minimum Gasteiger partial charge on any atom is -0.460 e. The Hall–Kier alpha value is -3.39. The van der Waals surface area contributed by atoms with E-state index in [4.69, 9.17) is 9.47 Å². The summed E-state index contributed by atoms with van der Waals surface area (Å²) in [6, 6.07) is 17.4. The SMILES string of the molecule is O=C(CNC(=O)C1CC(O)CN1C(=O)OCc1ccccc1)OCc1ccccc1. The zero-order chi connectivity index (χ0) is 21.3. The fourth-order valence-electron chi connectivity index (χ4n) is 3.13. The van der Waals surface area contributed by atoms with Crippen LogP contribution in [0, 0.1) is 0 Å². The van der Waals surface area contributed by atoms with Gasteiger partial charge in [0.2, 0.25) is 5.91 Å². The summed E-state index contributed by atoms with van der Waals surface area (Å²) in [5.74, 6) is -1.14. The second-order valence-corrected chi connectivity index (χ2v) is 6.96. The van der Waals surface area contributed by atoms with Crippen LogP contribution < -0.4 is 5.32 Å². The van der Waals surface area contributed by atoms with Crippen LogP contribution in [0.15, 0.2) is 60.7 Å². The molecule has 1 heterocycles. The van der Waals surface area contributed by atoms with E-state index >= 15 is 0 Å². The molecule has 0 aromatic heterocycles. The van der Waals surface area contributed by atoms with Gasteiger partial charge in [0, 0.05) is 6.42 Å². The number of nitrogens with zero attached hydrogens (tertiary/aromatic N) is 1. The van der Waals surface area contributed by atoms with Crippen LogP contribution in [0.25, 0.3) is 0 Å². The van der Waals surface area contributed by atoms with E-state index in [1.807, 2.05) is 60.7 Å². The molecule has 2 aromatic rings. The Balaban J connectivity index is 1.47. The van der Waals surface area contributed by atoms with Crippen molar-refractivity contribution < 1.29 is 29.0 Å². The fourth-order valence-corrected chi connectivity index (χ4v) is 3.13. The predicted octanol–water partition coefficient (Wildman–Crippen LogP) is 1.62. The molecule has 0 bridgehead atoms. The molecule has 158 valence electrons. The van der Waals surface area contributed by atoms with Gasteiger partial charge in [0.05, 0.1) is 12.6 Å². The molecule has 2 aromatic carbocycles. The van der Waals surface area contributed by atoms with Crippen molar-refractivity contribution in [1.82, 2.24) is 10.2 Å². The lowest BCUT2D eigenvalue weighted by molar-refractivity contribution is -0.145. The highest BCUT2D eigenvalue weighted by molar-refractivity contribution is 5.88. The molecule has 1 aliphatic heterocycles. The Bertz CT molecular complexity index is 858. The normalized spacial score (nSPS) is 18.0. The molecule has 30 heavy (non-hydrogen) atoms. The topological polar surface area (TPSA) is 105 Å². The van der Waals surface area contributed by atoms with Gasteiger partial charge in [-0.1, -0.05) is 60.7 Å². The lowest BCUT2D eigenvalue weighted by Gasteiger charge is -2.22. The zero-order valence-corrected chi connectivity index (χ0v) is 16.4. The lowest BCUT2D eigenvalue weighted by Crippen LogP contribution is -2.47. The van der Waals surface area contributed by atoms with Gasteiger partial charge in [0.15, 0.2) is 0 Å². The maximum atomic E-state index is 12.5. The molecule has 0 radical (unpaired) electrons. The molecule has 0 aliphatic carbocycles. The molecular weight excluding hydrogens is 388 g/mol. The number of nitrogens with one attached hydrogen (secondary N) is 1. The average Bonchev–Trinajstić information content (AvgIpc) is 3.17. The number of hydrogen-bond acceptors (Lipinski definition) is 6.